The van der Waals surface area contributed by atoms with Crippen LogP contribution in [-0.2, 0) is 22.7 Å². The monoisotopic (exact) mass is 427 g/mol. The number of aliphatic hydroxyl groups excluding tert-OH is 1. The maximum absolute atomic E-state index is 12.3. The number of ether oxygens (including phenoxy) is 2. The summed E-state index contributed by atoms with van der Waals surface area (Å²) in [4.78, 5) is 12.3. The van der Waals surface area contributed by atoms with E-state index in [1.807, 2.05) is 60.7 Å². The Bertz CT molecular complexity index is 708. The van der Waals surface area contributed by atoms with Gasteiger partial charge in [-0.2, -0.15) is 0 Å². The third kappa shape index (κ3) is 11.0. The summed E-state index contributed by atoms with van der Waals surface area (Å²) in [7, 11) is 0. The van der Waals surface area contributed by atoms with Crippen LogP contribution in [0.4, 0.5) is 4.79 Å². The van der Waals surface area contributed by atoms with Crippen LogP contribution in [0.15, 0.2) is 60.7 Å². The number of alkyl carbamates (subject to hydrolysis) is 1. The Balaban J connectivity index is 1.80. The predicted molar refractivity (Wildman–Crippen MR) is 124 cm³/mol. The van der Waals surface area contributed by atoms with Gasteiger partial charge in [0.15, 0.2) is 0 Å². The first kappa shape index (κ1) is 24.9. The first-order valence-electron chi connectivity index (χ1n) is 11.5. The molecule has 5 nitrogen and oxygen atoms in total. The van der Waals surface area contributed by atoms with Crippen molar-refractivity contribution in [3.05, 3.63) is 71.8 Å². The molecule has 2 N–H and O–H groups in total. The Morgan fingerprint density at radius 1 is 0.871 bits per heavy atom. The van der Waals surface area contributed by atoms with E-state index in [4.69, 9.17) is 9.47 Å². The highest BCUT2D eigenvalue weighted by atomic mass is 16.5. The van der Waals surface area contributed by atoms with Gasteiger partial charge in [-0.25, -0.2) is 4.79 Å². The molecule has 0 unspecified atom stereocenters. The lowest BCUT2D eigenvalue weighted by Gasteiger charge is -2.24. The van der Waals surface area contributed by atoms with Gasteiger partial charge < -0.3 is 19.9 Å². The van der Waals surface area contributed by atoms with Crippen molar-refractivity contribution >= 4 is 6.09 Å². The molecule has 0 aliphatic rings. The fraction of sp³-hybridized carbons (Fsp3) is 0.500. The van der Waals surface area contributed by atoms with Crippen LogP contribution < -0.4 is 5.32 Å². The lowest BCUT2D eigenvalue weighted by atomic mass is 10.0. The summed E-state index contributed by atoms with van der Waals surface area (Å²) in [5.41, 5.74) is 1.97. The van der Waals surface area contributed by atoms with Crippen LogP contribution in [0.25, 0.3) is 0 Å². The fourth-order valence-corrected chi connectivity index (χ4v) is 3.38. The number of carbonyl (C=O) groups is 1. The van der Waals surface area contributed by atoms with Crippen molar-refractivity contribution in [3.63, 3.8) is 0 Å². The van der Waals surface area contributed by atoms with Crippen LogP contribution >= 0.6 is 0 Å². The highest BCUT2D eigenvalue weighted by Gasteiger charge is 2.22. The maximum atomic E-state index is 12.3. The summed E-state index contributed by atoms with van der Waals surface area (Å²) >= 11 is 0. The summed E-state index contributed by atoms with van der Waals surface area (Å²) in [5.74, 6) is 0. The summed E-state index contributed by atoms with van der Waals surface area (Å²) in [6, 6.07) is 18.9. The van der Waals surface area contributed by atoms with E-state index >= 15 is 0 Å². The normalized spacial score (nSPS) is 12.8. The van der Waals surface area contributed by atoms with Crippen LogP contribution in [0.2, 0.25) is 0 Å². The maximum Gasteiger partial charge on any atom is 0.407 e. The van der Waals surface area contributed by atoms with Crippen LogP contribution in [-0.4, -0.2) is 30.0 Å². The molecule has 2 rings (SSSR count). The highest BCUT2D eigenvalue weighted by Crippen LogP contribution is 2.12. The highest BCUT2D eigenvalue weighted by molar-refractivity contribution is 5.67. The molecule has 0 radical (unpaired) electrons. The van der Waals surface area contributed by atoms with Crippen molar-refractivity contribution in [2.75, 3.05) is 6.61 Å². The van der Waals surface area contributed by atoms with Crippen LogP contribution in [0.1, 0.15) is 63.0 Å². The van der Waals surface area contributed by atoms with Gasteiger partial charge in [-0.3, -0.25) is 0 Å². The van der Waals surface area contributed by atoms with E-state index in [1.54, 1.807) is 0 Å². The van der Waals surface area contributed by atoms with Crippen molar-refractivity contribution in [2.24, 2.45) is 0 Å². The summed E-state index contributed by atoms with van der Waals surface area (Å²) in [5, 5.41) is 13.5. The molecule has 0 fully saturated rings. The molecule has 170 valence electrons. The summed E-state index contributed by atoms with van der Waals surface area (Å²) in [6.07, 6.45) is 6.33. The van der Waals surface area contributed by atoms with Gasteiger partial charge in [-0.1, -0.05) is 106 Å². The third-order valence-corrected chi connectivity index (χ3v) is 5.24. The minimum atomic E-state index is -0.675. The largest absolute Gasteiger partial charge is 0.445 e. The van der Waals surface area contributed by atoms with Gasteiger partial charge in [0, 0.05) is 0 Å². The van der Waals surface area contributed by atoms with Crippen LogP contribution in [0, 0.1) is 0 Å². The molecular formula is C26H37NO4. The van der Waals surface area contributed by atoms with Gasteiger partial charge in [0.05, 0.1) is 25.4 Å². The number of aliphatic hydroxyl groups is 1. The molecule has 0 saturated carbocycles. The van der Waals surface area contributed by atoms with Gasteiger partial charge in [0.2, 0.25) is 0 Å². The molecule has 1 amide bonds. The zero-order chi connectivity index (χ0) is 22.2. The molecular weight excluding hydrogens is 390 g/mol. The van der Waals surface area contributed by atoms with Gasteiger partial charge in [-0.05, 0) is 17.5 Å². The zero-order valence-corrected chi connectivity index (χ0v) is 18.7. The number of rotatable bonds is 15. The van der Waals surface area contributed by atoms with E-state index in [-0.39, 0.29) is 13.2 Å². The number of nitrogens with one attached hydrogen (secondary N) is 1. The average molecular weight is 428 g/mol. The summed E-state index contributed by atoms with van der Waals surface area (Å²) in [6.45, 7) is 3.05. The molecule has 0 aliphatic heterocycles. The number of amides is 1. The van der Waals surface area contributed by atoms with Crippen LogP contribution in [0.3, 0.4) is 0 Å². The van der Waals surface area contributed by atoms with E-state index in [1.165, 1.54) is 25.7 Å². The number of hydrogen-bond donors (Lipinski definition) is 2. The molecule has 0 spiro atoms. The lowest BCUT2D eigenvalue weighted by Crippen LogP contribution is -2.46. The molecule has 2 aromatic rings. The van der Waals surface area contributed by atoms with Gasteiger partial charge >= 0.3 is 6.09 Å². The van der Waals surface area contributed by atoms with Crippen LogP contribution in [0.5, 0.6) is 0 Å². The molecule has 2 atom stereocenters. The molecule has 0 bridgehead atoms. The Morgan fingerprint density at radius 2 is 1.45 bits per heavy atom. The first-order valence-corrected chi connectivity index (χ1v) is 11.5. The van der Waals surface area contributed by atoms with Crippen molar-refractivity contribution in [3.8, 4) is 0 Å². The predicted octanol–water partition coefficient (Wildman–Crippen LogP) is 5.61. The summed E-state index contributed by atoms with van der Waals surface area (Å²) < 4.78 is 11.1. The molecule has 2 aromatic carbocycles. The van der Waals surface area contributed by atoms with E-state index in [9.17, 15) is 9.90 Å². The molecule has 5 heteroatoms. The number of carbonyl (C=O) groups excluding carboxylic acids is 1. The second-order valence-electron chi connectivity index (χ2n) is 7.94. The SMILES string of the molecule is CCCCCCCC[C@@H](O)[C@H](COCc1ccccc1)NC(=O)OCc1ccccc1. The number of benzene rings is 2. The van der Waals surface area contributed by atoms with E-state index < -0.39 is 18.2 Å². The minimum Gasteiger partial charge on any atom is -0.445 e. The fourth-order valence-electron chi connectivity index (χ4n) is 3.38. The Kier molecular flexibility index (Phi) is 12.4. The van der Waals surface area contributed by atoms with E-state index in [0.717, 1.165) is 24.0 Å². The van der Waals surface area contributed by atoms with Gasteiger partial charge in [0.25, 0.3) is 0 Å². The topological polar surface area (TPSA) is 67.8 Å². The molecule has 0 saturated heterocycles. The van der Waals surface area contributed by atoms with Gasteiger partial charge in [0.1, 0.15) is 6.61 Å². The smallest absolute Gasteiger partial charge is 0.407 e. The van der Waals surface area contributed by atoms with E-state index in [2.05, 4.69) is 12.2 Å². The third-order valence-electron chi connectivity index (χ3n) is 5.24. The quantitative estimate of drug-likeness (QED) is 0.363. The number of hydrogen-bond acceptors (Lipinski definition) is 4. The Morgan fingerprint density at radius 3 is 2.10 bits per heavy atom. The van der Waals surface area contributed by atoms with Gasteiger partial charge in [-0.15, -0.1) is 0 Å². The van der Waals surface area contributed by atoms with Crippen molar-refractivity contribution in [2.45, 2.75) is 77.2 Å². The van der Waals surface area contributed by atoms with Crippen molar-refractivity contribution in [1.82, 2.24) is 5.32 Å². The average Bonchev–Trinajstić information content (AvgIpc) is 2.80. The van der Waals surface area contributed by atoms with E-state index in [0.29, 0.717) is 13.0 Å². The second kappa shape index (κ2) is 15.4. The Hall–Kier alpha value is -2.37. The van der Waals surface area contributed by atoms with Crippen molar-refractivity contribution in [1.29, 1.82) is 0 Å². The minimum absolute atomic E-state index is 0.192. The zero-order valence-electron chi connectivity index (χ0n) is 18.7. The molecule has 0 heterocycles. The second-order valence-corrected chi connectivity index (χ2v) is 7.94. The van der Waals surface area contributed by atoms with Crippen molar-refractivity contribution < 1.29 is 19.4 Å². The number of unbranched alkanes of at least 4 members (excludes halogenated alkanes) is 5. The Labute approximate surface area is 186 Å². The first-order chi connectivity index (χ1) is 15.2. The standard InChI is InChI=1S/C26H37NO4/c1-2-3-4-5-6-13-18-25(28)24(21-30-19-22-14-9-7-10-15-22)27-26(29)31-20-23-16-11-8-12-17-23/h7-12,14-17,24-25,28H,2-6,13,18-21H2,1H3,(H,27,29)/t24-,25+/m0/s1. The molecule has 0 aliphatic carbocycles. The molecule has 31 heavy (non-hydrogen) atoms. The molecule has 0 aromatic heterocycles. The lowest BCUT2D eigenvalue weighted by molar-refractivity contribution is 0.0329.